The first-order valence-corrected chi connectivity index (χ1v) is 11.6. The SMILES string of the molecule is CC(=O)Cc1ccc(-c2cc(F)cc(-c3cccc(N4CCN(C(C)(C)C)CC4)c3)c2O)nn1. The molecule has 1 aliphatic heterocycles. The molecular weight excluding hydrogens is 431 g/mol. The molecule has 0 bridgehead atoms. The number of piperazine rings is 1. The van der Waals surface area contributed by atoms with Gasteiger partial charge in [0, 0.05) is 48.5 Å². The number of halogens is 1. The van der Waals surface area contributed by atoms with E-state index >= 15 is 0 Å². The zero-order valence-electron chi connectivity index (χ0n) is 20.2. The summed E-state index contributed by atoms with van der Waals surface area (Å²) in [6.45, 7) is 11.9. The highest BCUT2D eigenvalue weighted by molar-refractivity contribution is 5.82. The van der Waals surface area contributed by atoms with Crippen LogP contribution in [0.2, 0.25) is 0 Å². The van der Waals surface area contributed by atoms with Crippen LogP contribution < -0.4 is 4.90 Å². The van der Waals surface area contributed by atoms with Crippen molar-refractivity contribution in [1.29, 1.82) is 0 Å². The third-order valence-electron chi connectivity index (χ3n) is 6.25. The number of rotatable bonds is 5. The predicted octanol–water partition coefficient (Wildman–Crippen LogP) is 4.71. The summed E-state index contributed by atoms with van der Waals surface area (Å²) in [6, 6.07) is 13.8. The van der Waals surface area contributed by atoms with Crippen molar-refractivity contribution in [2.45, 2.75) is 39.7 Å². The minimum Gasteiger partial charge on any atom is -0.507 e. The molecule has 3 aromatic rings. The van der Waals surface area contributed by atoms with Gasteiger partial charge in [0.2, 0.25) is 0 Å². The largest absolute Gasteiger partial charge is 0.507 e. The Morgan fingerprint density at radius 1 is 1.00 bits per heavy atom. The molecule has 0 saturated carbocycles. The summed E-state index contributed by atoms with van der Waals surface area (Å²) < 4.78 is 14.6. The number of nitrogens with zero attached hydrogens (tertiary/aromatic N) is 4. The summed E-state index contributed by atoms with van der Waals surface area (Å²) >= 11 is 0. The van der Waals surface area contributed by atoms with Gasteiger partial charge in [-0.15, -0.1) is 0 Å². The molecule has 2 aromatic carbocycles. The van der Waals surface area contributed by atoms with Crippen molar-refractivity contribution in [2.75, 3.05) is 31.1 Å². The average Bonchev–Trinajstić information content (AvgIpc) is 2.80. The number of ketones is 1. The van der Waals surface area contributed by atoms with Gasteiger partial charge in [-0.1, -0.05) is 12.1 Å². The van der Waals surface area contributed by atoms with Crippen molar-refractivity contribution in [3.63, 3.8) is 0 Å². The molecule has 4 rings (SSSR count). The van der Waals surface area contributed by atoms with Crippen LogP contribution >= 0.6 is 0 Å². The van der Waals surface area contributed by atoms with Crippen molar-refractivity contribution in [3.8, 4) is 28.1 Å². The number of Topliss-reactive ketones (excluding diaryl/α,β-unsaturated/α-hetero) is 1. The maximum atomic E-state index is 14.6. The Bertz CT molecular complexity index is 1180. The van der Waals surface area contributed by atoms with Crippen molar-refractivity contribution in [2.24, 2.45) is 0 Å². The van der Waals surface area contributed by atoms with Gasteiger partial charge in [0.15, 0.2) is 0 Å². The number of carbonyl (C=O) groups is 1. The van der Waals surface area contributed by atoms with Gasteiger partial charge >= 0.3 is 0 Å². The Labute approximate surface area is 200 Å². The van der Waals surface area contributed by atoms with Gasteiger partial charge < -0.3 is 10.0 Å². The highest BCUT2D eigenvalue weighted by atomic mass is 19.1. The number of benzene rings is 2. The second kappa shape index (κ2) is 9.50. The Morgan fingerprint density at radius 2 is 1.71 bits per heavy atom. The van der Waals surface area contributed by atoms with Gasteiger partial charge in [-0.05, 0) is 69.7 Å². The Balaban J connectivity index is 1.62. The van der Waals surface area contributed by atoms with E-state index in [4.69, 9.17) is 0 Å². The highest BCUT2D eigenvalue weighted by Crippen LogP contribution is 2.39. The van der Waals surface area contributed by atoms with E-state index in [1.165, 1.54) is 19.1 Å². The van der Waals surface area contributed by atoms with E-state index in [0.29, 0.717) is 17.0 Å². The molecule has 34 heavy (non-hydrogen) atoms. The van der Waals surface area contributed by atoms with Crippen molar-refractivity contribution >= 4 is 11.5 Å². The van der Waals surface area contributed by atoms with Crippen LogP contribution in [0.5, 0.6) is 5.75 Å². The van der Waals surface area contributed by atoms with E-state index in [1.54, 1.807) is 12.1 Å². The summed E-state index contributed by atoms with van der Waals surface area (Å²) in [5.41, 5.74) is 3.47. The van der Waals surface area contributed by atoms with Crippen LogP contribution in [0.15, 0.2) is 48.5 Å². The summed E-state index contributed by atoms with van der Waals surface area (Å²) in [6.07, 6.45) is 0.185. The van der Waals surface area contributed by atoms with Crippen LogP contribution in [0, 0.1) is 5.82 Å². The van der Waals surface area contributed by atoms with Crippen LogP contribution in [-0.4, -0.2) is 57.7 Å². The topological polar surface area (TPSA) is 69.6 Å². The van der Waals surface area contributed by atoms with Crippen LogP contribution in [0.1, 0.15) is 33.4 Å². The lowest BCUT2D eigenvalue weighted by atomic mass is 9.98. The third kappa shape index (κ3) is 5.25. The molecular formula is C27H31FN4O2. The normalized spacial score (nSPS) is 14.9. The smallest absolute Gasteiger partial charge is 0.135 e. The second-order valence-corrected chi connectivity index (χ2v) is 9.83. The molecule has 7 heteroatoms. The lowest BCUT2D eigenvalue weighted by Gasteiger charge is -2.43. The monoisotopic (exact) mass is 462 g/mol. The minimum atomic E-state index is -0.471. The molecule has 0 radical (unpaired) electrons. The number of anilines is 1. The maximum Gasteiger partial charge on any atom is 0.135 e. The van der Waals surface area contributed by atoms with E-state index in [9.17, 15) is 14.3 Å². The second-order valence-electron chi connectivity index (χ2n) is 9.83. The summed E-state index contributed by atoms with van der Waals surface area (Å²) in [4.78, 5) is 16.1. The fourth-order valence-electron chi connectivity index (χ4n) is 4.37. The zero-order chi connectivity index (χ0) is 24.5. The van der Waals surface area contributed by atoms with E-state index < -0.39 is 5.82 Å². The first-order chi connectivity index (χ1) is 16.1. The van der Waals surface area contributed by atoms with Crippen molar-refractivity contribution in [1.82, 2.24) is 15.1 Å². The highest BCUT2D eigenvalue weighted by Gasteiger charge is 2.26. The molecule has 0 atom stereocenters. The third-order valence-corrected chi connectivity index (χ3v) is 6.25. The van der Waals surface area contributed by atoms with Crippen LogP contribution in [-0.2, 0) is 11.2 Å². The lowest BCUT2D eigenvalue weighted by molar-refractivity contribution is -0.116. The van der Waals surface area contributed by atoms with Gasteiger partial charge in [-0.3, -0.25) is 9.69 Å². The van der Waals surface area contributed by atoms with Gasteiger partial charge in [0.1, 0.15) is 17.3 Å². The van der Waals surface area contributed by atoms with Crippen LogP contribution in [0.3, 0.4) is 0 Å². The van der Waals surface area contributed by atoms with Crippen molar-refractivity contribution < 1.29 is 14.3 Å². The standard InChI is InChI=1S/C27H31FN4O2/c1-18(33)14-21-8-9-25(30-29-21)24-17-20(28)16-23(26(24)34)19-6-5-7-22(15-19)31-10-12-32(13-11-31)27(2,3)4/h5-9,15-17,34H,10-14H2,1-4H3. The number of aromatic nitrogens is 2. The van der Waals surface area contributed by atoms with E-state index in [1.807, 2.05) is 24.3 Å². The molecule has 1 saturated heterocycles. The molecule has 2 heterocycles. The summed E-state index contributed by atoms with van der Waals surface area (Å²) in [5, 5.41) is 19.2. The minimum absolute atomic E-state index is 0.0161. The van der Waals surface area contributed by atoms with E-state index in [2.05, 4.69) is 40.8 Å². The predicted molar refractivity (Wildman–Crippen MR) is 132 cm³/mol. The van der Waals surface area contributed by atoms with Crippen LogP contribution in [0.4, 0.5) is 10.1 Å². The molecule has 6 nitrogen and oxygen atoms in total. The van der Waals surface area contributed by atoms with E-state index in [-0.39, 0.29) is 29.1 Å². The maximum absolute atomic E-state index is 14.6. The van der Waals surface area contributed by atoms with Gasteiger partial charge in [-0.25, -0.2) is 4.39 Å². The number of phenolic OH excluding ortho intramolecular Hbond substituents is 1. The molecule has 1 aromatic heterocycles. The first kappa shape index (κ1) is 23.8. The zero-order valence-corrected chi connectivity index (χ0v) is 20.2. The first-order valence-electron chi connectivity index (χ1n) is 11.6. The summed E-state index contributed by atoms with van der Waals surface area (Å²) in [5.74, 6) is -0.538. The molecule has 0 aliphatic carbocycles. The molecule has 1 N–H and O–H groups in total. The fourth-order valence-corrected chi connectivity index (χ4v) is 4.37. The molecule has 0 unspecified atom stereocenters. The molecule has 0 spiro atoms. The van der Waals surface area contributed by atoms with Gasteiger partial charge in [0.25, 0.3) is 0 Å². The summed E-state index contributed by atoms with van der Waals surface area (Å²) in [7, 11) is 0. The number of hydrogen-bond acceptors (Lipinski definition) is 6. The number of phenols is 1. The van der Waals surface area contributed by atoms with Gasteiger partial charge in [0.05, 0.1) is 17.8 Å². The van der Waals surface area contributed by atoms with Crippen LogP contribution in [0.25, 0.3) is 22.4 Å². The quantitative estimate of drug-likeness (QED) is 0.592. The molecule has 0 amide bonds. The average molecular weight is 463 g/mol. The molecule has 178 valence electrons. The lowest BCUT2D eigenvalue weighted by Crippen LogP contribution is -2.53. The number of aromatic hydroxyl groups is 1. The molecule has 1 aliphatic rings. The fraction of sp³-hybridized carbons (Fsp3) is 0.370. The molecule has 1 fully saturated rings. The van der Waals surface area contributed by atoms with Gasteiger partial charge in [-0.2, -0.15) is 10.2 Å². The van der Waals surface area contributed by atoms with Crippen molar-refractivity contribution in [3.05, 3.63) is 60.0 Å². The van der Waals surface area contributed by atoms with E-state index in [0.717, 1.165) is 37.4 Å². The Morgan fingerprint density at radius 3 is 2.32 bits per heavy atom. The number of carbonyl (C=O) groups excluding carboxylic acids is 1. The Hall–Kier alpha value is -3.32. The Kier molecular flexibility index (Phi) is 6.66. The number of hydrogen-bond donors (Lipinski definition) is 1.